The smallest absolute Gasteiger partial charge is 0.288 e. The van der Waals surface area contributed by atoms with Gasteiger partial charge in [-0.15, -0.1) is 0 Å². The highest BCUT2D eigenvalue weighted by Crippen LogP contribution is 2.29. The van der Waals surface area contributed by atoms with Crippen molar-refractivity contribution in [2.45, 2.75) is 5.92 Å². The Morgan fingerprint density at radius 2 is 2.21 bits per heavy atom. The third-order valence-electron chi connectivity index (χ3n) is 2.42. The molecule has 4 nitrogen and oxygen atoms in total. The van der Waals surface area contributed by atoms with E-state index in [0.29, 0.717) is 5.92 Å². The molecule has 0 saturated carbocycles. The third-order valence-corrected chi connectivity index (χ3v) is 2.74. The predicted octanol–water partition coefficient (Wildman–Crippen LogP) is 1.93. The van der Waals surface area contributed by atoms with Crippen LogP contribution in [0.25, 0.3) is 0 Å². The zero-order chi connectivity index (χ0) is 10.1. The quantitative estimate of drug-likeness (QED) is 0.602. The molecule has 1 N–H and O–H groups in total. The fourth-order valence-corrected chi connectivity index (χ4v) is 1.63. The lowest BCUT2D eigenvalue weighted by molar-refractivity contribution is -0.384. The zero-order valence-corrected chi connectivity index (χ0v) is 8.12. The van der Waals surface area contributed by atoms with Crippen molar-refractivity contribution in [1.82, 2.24) is 5.32 Å². The van der Waals surface area contributed by atoms with E-state index in [9.17, 15) is 10.1 Å². The fourth-order valence-electron chi connectivity index (χ4n) is 1.45. The van der Waals surface area contributed by atoms with Gasteiger partial charge in [0.1, 0.15) is 5.02 Å². The van der Waals surface area contributed by atoms with Gasteiger partial charge in [0.15, 0.2) is 0 Å². The third kappa shape index (κ3) is 1.58. The lowest BCUT2D eigenvalue weighted by Gasteiger charge is -2.27. The van der Waals surface area contributed by atoms with Gasteiger partial charge in [0.05, 0.1) is 4.92 Å². The summed E-state index contributed by atoms with van der Waals surface area (Å²) in [6.45, 7) is 1.78. The maximum absolute atomic E-state index is 10.6. The van der Waals surface area contributed by atoms with Crippen LogP contribution in [0.2, 0.25) is 5.02 Å². The molecule has 1 aromatic rings. The van der Waals surface area contributed by atoms with Gasteiger partial charge in [-0.2, -0.15) is 0 Å². The summed E-state index contributed by atoms with van der Waals surface area (Å²) >= 11 is 5.70. The van der Waals surface area contributed by atoms with Gasteiger partial charge in [0, 0.05) is 25.1 Å². The molecule has 1 aromatic carbocycles. The lowest BCUT2D eigenvalue weighted by atomic mass is 9.93. The monoisotopic (exact) mass is 212 g/mol. The van der Waals surface area contributed by atoms with Crippen molar-refractivity contribution in [2.75, 3.05) is 13.1 Å². The average Bonchev–Trinajstić information content (AvgIpc) is 2.04. The van der Waals surface area contributed by atoms with E-state index in [-0.39, 0.29) is 10.7 Å². The molecule has 0 amide bonds. The van der Waals surface area contributed by atoms with E-state index >= 15 is 0 Å². The Balaban J connectivity index is 2.34. The molecule has 0 radical (unpaired) electrons. The predicted molar refractivity (Wildman–Crippen MR) is 53.7 cm³/mol. The molecular weight excluding hydrogens is 204 g/mol. The van der Waals surface area contributed by atoms with Crippen LogP contribution >= 0.6 is 11.6 Å². The van der Waals surface area contributed by atoms with Crippen molar-refractivity contribution in [3.63, 3.8) is 0 Å². The number of rotatable bonds is 2. The Morgan fingerprint density at radius 1 is 1.50 bits per heavy atom. The molecule has 5 heteroatoms. The van der Waals surface area contributed by atoms with Crippen LogP contribution in [-0.4, -0.2) is 18.0 Å². The minimum Gasteiger partial charge on any atom is -0.315 e. The number of benzene rings is 1. The number of nitro benzene ring substituents is 1. The first-order valence-electron chi connectivity index (χ1n) is 4.33. The number of nitrogens with one attached hydrogen (secondary N) is 1. The Kier molecular flexibility index (Phi) is 2.39. The van der Waals surface area contributed by atoms with E-state index in [0.717, 1.165) is 18.7 Å². The van der Waals surface area contributed by atoms with Gasteiger partial charge in [0.25, 0.3) is 5.69 Å². The van der Waals surface area contributed by atoms with Crippen molar-refractivity contribution in [1.29, 1.82) is 0 Å². The zero-order valence-electron chi connectivity index (χ0n) is 7.37. The topological polar surface area (TPSA) is 55.2 Å². The van der Waals surface area contributed by atoms with Crippen LogP contribution in [0.4, 0.5) is 5.69 Å². The summed E-state index contributed by atoms with van der Waals surface area (Å²) in [5, 5.41) is 13.9. The molecule has 0 aliphatic carbocycles. The normalized spacial score (nSPS) is 16.4. The number of hydrogen-bond donors (Lipinski definition) is 1. The van der Waals surface area contributed by atoms with Gasteiger partial charge in [-0.3, -0.25) is 10.1 Å². The van der Waals surface area contributed by atoms with Crippen molar-refractivity contribution < 1.29 is 4.92 Å². The lowest BCUT2D eigenvalue weighted by Crippen LogP contribution is -2.39. The number of nitrogens with zero attached hydrogens (tertiary/aromatic N) is 1. The summed E-state index contributed by atoms with van der Waals surface area (Å²) in [7, 11) is 0. The molecule has 1 heterocycles. The molecule has 0 spiro atoms. The molecule has 2 rings (SSSR count). The molecule has 1 aliphatic heterocycles. The minimum atomic E-state index is -0.447. The second-order valence-corrected chi connectivity index (χ2v) is 3.73. The minimum absolute atomic E-state index is 0.00364. The van der Waals surface area contributed by atoms with Gasteiger partial charge >= 0.3 is 0 Å². The molecule has 0 atom stereocenters. The molecule has 1 aliphatic rings. The molecule has 0 aromatic heterocycles. The molecule has 0 bridgehead atoms. The van der Waals surface area contributed by atoms with Crippen molar-refractivity contribution in [3.05, 3.63) is 38.9 Å². The largest absolute Gasteiger partial charge is 0.315 e. The van der Waals surface area contributed by atoms with Gasteiger partial charge in [-0.05, 0) is 11.6 Å². The average molecular weight is 213 g/mol. The Labute approximate surface area is 86.0 Å². The van der Waals surface area contributed by atoms with Crippen molar-refractivity contribution in [2.24, 2.45) is 0 Å². The van der Waals surface area contributed by atoms with Crippen LogP contribution in [0.1, 0.15) is 11.5 Å². The van der Waals surface area contributed by atoms with Crippen molar-refractivity contribution >= 4 is 17.3 Å². The van der Waals surface area contributed by atoms with Crippen LogP contribution in [0.3, 0.4) is 0 Å². The Morgan fingerprint density at radius 3 is 2.71 bits per heavy atom. The number of halogens is 1. The van der Waals surface area contributed by atoms with Crippen LogP contribution in [0.5, 0.6) is 0 Å². The molecule has 14 heavy (non-hydrogen) atoms. The second-order valence-electron chi connectivity index (χ2n) is 3.32. The SMILES string of the molecule is O=[N+]([O-])c1cc(C2CNC2)ccc1Cl. The van der Waals surface area contributed by atoms with Crippen molar-refractivity contribution in [3.8, 4) is 0 Å². The van der Waals surface area contributed by atoms with E-state index in [2.05, 4.69) is 5.32 Å². The van der Waals surface area contributed by atoms with E-state index in [1.807, 2.05) is 6.07 Å². The van der Waals surface area contributed by atoms with Crippen LogP contribution in [-0.2, 0) is 0 Å². The molecule has 1 saturated heterocycles. The molecule has 1 fully saturated rings. The second kappa shape index (κ2) is 3.55. The molecule has 0 unspecified atom stereocenters. The Hall–Kier alpha value is -1.13. The molecular formula is C9H9ClN2O2. The highest BCUT2D eigenvalue weighted by atomic mass is 35.5. The van der Waals surface area contributed by atoms with Crippen LogP contribution in [0, 0.1) is 10.1 Å². The summed E-state index contributed by atoms with van der Waals surface area (Å²) in [6, 6.07) is 5.00. The number of nitro groups is 1. The standard InChI is InChI=1S/C9H9ClN2O2/c10-8-2-1-6(7-4-11-5-7)3-9(8)12(13)14/h1-3,7,11H,4-5H2. The highest BCUT2D eigenvalue weighted by molar-refractivity contribution is 6.32. The summed E-state index contributed by atoms with van der Waals surface area (Å²) in [5.74, 6) is 0.394. The summed E-state index contributed by atoms with van der Waals surface area (Å²) in [6.07, 6.45) is 0. The van der Waals surface area contributed by atoms with E-state index in [1.165, 1.54) is 0 Å². The Bertz CT molecular complexity index is 377. The maximum atomic E-state index is 10.6. The maximum Gasteiger partial charge on any atom is 0.288 e. The van der Waals surface area contributed by atoms with Gasteiger partial charge in [-0.1, -0.05) is 17.7 Å². The summed E-state index contributed by atoms with van der Waals surface area (Å²) in [5.41, 5.74) is 0.982. The van der Waals surface area contributed by atoms with Crippen LogP contribution < -0.4 is 5.32 Å². The van der Waals surface area contributed by atoms with Gasteiger partial charge in [0.2, 0.25) is 0 Å². The molecule has 74 valence electrons. The first-order chi connectivity index (χ1) is 6.68. The van der Waals surface area contributed by atoms with Gasteiger partial charge < -0.3 is 5.32 Å². The van der Waals surface area contributed by atoms with Gasteiger partial charge in [-0.25, -0.2) is 0 Å². The van der Waals surface area contributed by atoms with E-state index < -0.39 is 4.92 Å². The summed E-state index contributed by atoms with van der Waals surface area (Å²) in [4.78, 5) is 10.2. The highest BCUT2D eigenvalue weighted by Gasteiger charge is 2.22. The first-order valence-corrected chi connectivity index (χ1v) is 4.71. The number of hydrogen-bond acceptors (Lipinski definition) is 3. The first kappa shape index (κ1) is 9.43. The van der Waals surface area contributed by atoms with Crippen LogP contribution in [0.15, 0.2) is 18.2 Å². The summed E-state index contributed by atoms with van der Waals surface area (Å²) < 4.78 is 0. The van der Waals surface area contributed by atoms with E-state index in [1.54, 1.807) is 12.1 Å². The van der Waals surface area contributed by atoms with E-state index in [4.69, 9.17) is 11.6 Å². The fraction of sp³-hybridized carbons (Fsp3) is 0.333.